The number of nitrogens with zero attached hydrogens (tertiary/aromatic N) is 3. The summed E-state index contributed by atoms with van der Waals surface area (Å²) in [6, 6.07) is 6.70. The maximum Gasteiger partial charge on any atom is 0.131 e. The second kappa shape index (κ2) is 6.05. The molecule has 1 heterocycles. The van der Waals surface area contributed by atoms with E-state index in [9.17, 15) is 4.39 Å². The fraction of sp³-hybridized carbons (Fsp3) is 0.400. The Kier molecular flexibility index (Phi) is 4.39. The first kappa shape index (κ1) is 14.5. The second-order valence-corrected chi connectivity index (χ2v) is 5.03. The number of benzene rings is 1. The van der Waals surface area contributed by atoms with Crippen molar-refractivity contribution in [3.8, 4) is 0 Å². The fourth-order valence-corrected chi connectivity index (χ4v) is 2.54. The lowest BCUT2D eigenvalue weighted by molar-refractivity contribution is 0.624. The molecule has 1 N–H and O–H groups in total. The first-order valence-electron chi connectivity index (χ1n) is 6.65. The Bertz CT molecular complexity index is 592. The lowest BCUT2D eigenvalue weighted by Crippen LogP contribution is -2.22. The minimum atomic E-state index is -0.201. The molecule has 0 amide bonds. The summed E-state index contributed by atoms with van der Waals surface area (Å²) in [6.45, 7) is 3.42. The molecule has 20 heavy (non-hydrogen) atoms. The van der Waals surface area contributed by atoms with E-state index in [4.69, 9.17) is 0 Å². The molecular weight excluding hydrogens is 255 g/mol. The molecule has 2 aromatic rings. The van der Waals surface area contributed by atoms with E-state index in [1.807, 2.05) is 38.8 Å². The SMILES string of the molecule is CNCc1c(C)nn(C)c1N(C)Cc1cccc(F)c1. The zero-order valence-corrected chi connectivity index (χ0v) is 12.4. The van der Waals surface area contributed by atoms with Gasteiger partial charge < -0.3 is 10.2 Å². The third kappa shape index (κ3) is 2.99. The molecule has 0 aliphatic rings. The Hall–Kier alpha value is -1.88. The Balaban J connectivity index is 2.27. The molecule has 5 heteroatoms. The first-order valence-corrected chi connectivity index (χ1v) is 6.65. The van der Waals surface area contributed by atoms with Crippen molar-refractivity contribution in [1.82, 2.24) is 15.1 Å². The first-order chi connectivity index (χ1) is 9.52. The molecule has 0 bridgehead atoms. The molecule has 0 radical (unpaired) electrons. The van der Waals surface area contributed by atoms with Crippen LogP contribution in [0.3, 0.4) is 0 Å². The van der Waals surface area contributed by atoms with Gasteiger partial charge in [0.2, 0.25) is 0 Å². The van der Waals surface area contributed by atoms with Crippen molar-refractivity contribution in [2.75, 3.05) is 19.0 Å². The van der Waals surface area contributed by atoms with Gasteiger partial charge in [0.15, 0.2) is 0 Å². The van der Waals surface area contributed by atoms with E-state index in [0.717, 1.165) is 23.6 Å². The van der Waals surface area contributed by atoms with Gasteiger partial charge in [-0.25, -0.2) is 4.39 Å². The lowest BCUT2D eigenvalue weighted by atomic mass is 10.2. The van der Waals surface area contributed by atoms with Crippen LogP contribution in [0.2, 0.25) is 0 Å². The minimum Gasteiger partial charge on any atom is -0.355 e. The van der Waals surface area contributed by atoms with Crippen molar-refractivity contribution in [3.05, 3.63) is 46.9 Å². The molecule has 0 spiro atoms. The Morgan fingerprint density at radius 1 is 1.40 bits per heavy atom. The summed E-state index contributed by atoms with van der Waals surface area (Å²) in [5, 5.41) is 7.64. The van der Waals surface area contributed by atoms with Gasteiger partial charge in [-0.05, 0) is 31.7 Å². The molecule has 108 valence electrons. The Morgan fingerprint density at radius 2 is 2.15 bits per heavy atom. The number of aromatic nitrogens is 2. The van der Waals surface area contributed by atoms with Gasteiger partial charge in [-0.15, -0.1) is 0 Å². The third-order valence-electron chi connectivity index (χ3n) is 3.34. The molecule has 4 nitrogen and oxygen atoms in total. The van der Waals surface area contributed by atoms with Crippen LogP contribution in [0.1, 0.15) is 16.8 Å². The number of halogens is 1. The van der Waals surface area contributed by atoms with Gasteiger partial charge in [-0.1, -0.05) is 12.1 Å². The largest absolute Gasteiger partial charge is 0.355 e. The van der Waals surface area contributed by atoms with E-state index in [2.05, 4.69) is 15.3 Å². The van der Waals surface area contributed by atoms with Gasteiger partial charge in [-0.3, -0.25) is 4.68 Å². The van der Waals surface area contributed by atoms with Crippen molar-refractivity contribution in [2.45, 2.75) is 20.0 Å². The second-order valence-electron chi connectivity index (χ2n) is 5.03. The molecular formula is C15H21FN4. The van der Waals surface area contributed by atoms with Gasteiger partial charge in [0, 0.05) is 32.7 Å². The molecule has 1 aromatic carbocycles. The van der Waals surface area contributed by atoms with Crippen molar-refractivity contribution in [2.24, 2.45) is 7.05 Å². The number of aryl methyl sites for hydroxylation is 2. The smallest absolute Gasteiger partial charge is 0.131 e. The lowest BCUT2D eigenvalue weighted by Gasteiger charge is -2.21. The molecule has 0 saturated heterocycles. The van der Waals surface area contributed by atoms with E-state index in [1.54, 1.807) is 12.1 Å². The number of hydrogen-bond acceptors (Lipinski definition) is 3. The predicted octanol–water partition coefficient (Wildman–Crippen LogP) is 2.22. The summed E-state index contributed by atoms with van der Waals surface area (Å²) in [5.74, 6) is 0.855. The van der Waals surface area contributed by atoms with Gasteiger partial charge in [0.1, 0.15) is 11.6 Å². The highest BCUT2D eigenvalue weighted by molar-refractivity contribution is 5.50. The standard InChI is InChI=1S/C15H21FN4/c1-11-14(9-17-2)15(20(4)18-11)19(3)10-12-6-5-7-13(16)8-12/h5-8,17H,9-10H2,1-4H3. The fourth-order valence-electron chi connectivity index (χ4n) is 2.54. The number of hydrogen-bond donors (Lipinski definition) is 1. The maximum atomic E-state index is 13.3. The van der Waals surface area contributed by atoms with Gasteiger partial charge >= 0.3 is 0 Å². The molecule has 0 aliphatic carbocycles. The Morgan fingerprint density at radius 3 is 2.80 bits per heavy atom. The van der Waals surface area contributed by atoms with Crippen LogP contribution in [0, 0.1) is 12.7 Å². The normalized spacial score (nSPS) is 10.8. The van der Waals surface area contributed by atoms with E-state index in [-0.39, 0.29) is 5.82 Å². The highest BCUT2D eigenvalue weighted by atomic mass is 19.1. The molecule has 0 saturated carbocycles. The van der Waals surface area contributed by atoms with Crippen LogP contribution in [-0.4, -0.2) is 23.9 Å². The molecule has 1 aromatic heterocycles. The van der Waals surface area contributed by atoms with E-state index >= 15 is 0 Å². The van der Waals surface area contributed by atoms with Crippen LogP contribution in [0.25, 0.3) is 0 Å². The monoisotopic (exact) mass is 276 g/mol. The molecule has 0 atom stereocenters. The average molecular weight is 276 g/mol. The van der Waals surface area contributed by atoms with Crippen molar-refractivity contribution in [1.29, 1.82) is 0 Å². The van der Waals surface area contributed by atoms with Crippen LogP contribution >= 0.6 is 0 Å². The topological polar surface area (TPSA) is 33.1 Å². The van der Waals surface area contributed by atoms with Crippen molar-refractivity contribution >= 4 is 5.82 Å². The van der Waals surface area contributed by atoms with E-state index < -0.39 is 0 Å². The quantitative estimate of drug-likeness (QED) is 0.909. The molecule has 2 rings (SSSR count). The van der Waals surface area contributed by atoms with Crippen LogP contribution in [0.5, 0.6) is 0 Å². The maximum absolute atomic E-state index is 13.3. The van der Waals surface area contributed by atoms with Crippen molar-refractivity contribution < 1.29 is 4.39 Å². The predicted molar refractivity (Wildman–Crippen MR) is 79.2 cm³/mol. The highest BCUT2D eigenvalue weighted by Crippen LogP contribution is 2.23. The van der Waals surface area contributed by atoms with E-state index in [0.29, 0.717) is 6.54 Å². The van der Waals surface area contributed by atoms with Crippen LogP contribution in [-0.2, 0) is 20.1 Å². The average Bonchev–Trinajstić information content (AvgIpc) is 2.65. The van der Waals surface area contributed by atoms with E-state index in [1.165, 1.54) is 11.6 Å². The van der Waals surface area contributed by atoms with Crippen molar-refractivity contribution in [3.63, 3.8) is 0 Å². The number of anilines is 1. The van der Waals surface area contributed by atoms with Crippen LogP contribution in [0.4, 0.5) is 10.2 Å². The van der Waals surface area contributed by atoms with Crippen LogP contribution < -0.4 is 10.2 Å². The zero-order valence-electron chi connectivity index (χ0n) is 12.4. The summed E-state index contributed by atoms with van der Waals surface area (Å²) in [6.07, 6.45) is 0. The zero-order chi connectivity index (χ0) is 14.7. The molecule has 0 aliphatic heterocycles. The third-order valence-corrected chi connectivity index (χ3v) is 3.34. The summed E-state index contributed by atoms with van der Waals surface area (Å²) in [4.78, 5) is 2.10. The van der Waals surface area contributed by atoms with Gasteiger partial charge in [-0.2, -0.15) is 5.10 Å². The minimum absolute atomic E-state index is 0.201. The summed E-state index contributed by atoms with van der Waals surface area (Å²) >= 11 is 0. The number of nitrogens with one attached hydrogen (secondary N) is 1. The summed E-state index contributed by atoms with van der Waals surface area (Å²) in [5.41, 5.74) is 3.14. The van der Waals surface area contributed by atoms with Gasteiger partial charge in [0.25, 0.3) is 0 Å². The number of rotatable bonds is 5. The summed E-state index contributed by atoms with van der Waals surface area (Å²) < 4.78 is 15.1. The van der Waals surface area contributed by atoms with Crippen LogP contribution in [0.15, 0.2) is 24.3 Å². The Labute approximate surface area is 119 Å². The highest BCUT2D eigenvalue weighted by Gasteiger charge is 2.16. The molecule has 0 unspecified atom stereocenters. The van der Waals surface area contributed by atoms with Gasteiger partial charge in [0.05, 0.1) is 5.69 Å². The molecule has 0 fully saturated rings. The summed E-state index contributed by atoms with van der Waals surface area (Å²) in [7, 11) is 5.85.